The van der Waals surface area contributed by atoms with Crippen molar-refractivity contribution >= 4 is 5.82 Å². The number of alkyl halides is 3. The zero-order chi connectivity index (χ0) is 15.6. The summed E-state index contributed by atoms with van der Waals surface area (Å²) < 4.78 is 39.3. The van der Waals surface area contributed by atoms with Crippen LogP contribution >= 0.6 is 0 Å². The van der Waals surface area contributed by atoms with Gasteiger partial charge in [-0.3, -0.25) is 0 Å². The van der Waals surface area contributed by atoms with E-state index in [-0.39, 0.29) is 12.4 Å². The Kier molecular flexibility index (Phi) is 4.22. The van der Waals surface area contributed by atoms with Gasteiger partial charge in [0.15, 0.2) is 0 Å². The molecule has 114 valence electrons. The molecule has 2 aromatic rings. The summed E-state index contributed by atoms with van der Waals surface area (Å²) in [6, 6.07) is 8.86. The van der Waals surface area contributed by atoms with Crippen LogP contribution in [0.1, 0.15) is 11.3 Å². The van der Waals surface area contributed by atoms with Gasteiger partial charge >= 0.3 is 6.18 Å². The molecule has 0 fully saturated rings. The Morgan fingerprint density at radius 3 is 2.38 bits per heavy atom. The van der Waals surface area contributed by atoms with Crippen LogP contribution in [0.5, 0.6) is 0 Å². The van der Waals surface area contributed by atoms with E-state index < -0.39 is 12.7 Å². The van der Waals surface area contributed by atoms with E-state index in [0.717, 1.165) is 4.90 Å². The van der Waals surface area contributed by atoms with E-state index in [1.54, 1.807) is 31.2 Å². The van der Waals surface area contributed by atoms with Gasteiger partial charge in [0.2, 0.25) is 0 Å². The molecular weight excluding hydrogens is 283 g/mol. The van der Waals surface area contributed by atoms with E-state index in [0.29, 0.717) is 16.9 Å². The van der Waals surface area contributed by atoms with E-state index in [9.17, 15) is 18.3 Å². The summed E-state index contributed by atoms with van der Waals surface area (Å²) in [5, 5.41) is 13.7. The van der Waals surface area contributed by atoms with Crippen LogP contribution in [0.4, 0.5) is 19.0 Å². The van der Waals surface area contributed by atoms with E-state index >= 15 is 0 Å². The monoisotopic (exact) mass is 299 g/mol. The largest absolute Gasteiger partial charge is 0.405 e. The molecule has 0 unspecified atom stereocenters. The number of hydrogen-bond acceptors (Lipinski definition) is 3. The highest BCUT2D eigenvalue weighted by atomic mass is 19.4. The fourth-order valence-electron chi connectivity index (χ4n) is 2.22. The van der Waals surface area contributed by atoms with Crippen LogP contribution in [0.25, 0.3) is 5.69 Å². The van der Waals surface area contributed by atoms with Gasteiger partial charge in [0, 0.05) is 12.6 Å². The van der Waals surface area contributed by atoms with Crippen molar-refractivity contribution in [1.29, 1.82) is 0 Å². The van der Waals surface area contributed by atoms with Crippen molar-refractivity contribution in [2.45, 2.75) is 19.7 Å². The quantitative estimate of drug-likeness (QED) is 0.943. The van der Waals surface area contributed by atoms with Crippen molar-refractivity contribution in [1.82, 2.24) is 9.78 Å². The van der Waals surface area contributed by atoms with Crippen molar-refractivity contribution in [3.05, 3.63) is 41.6 Å². The van der Waals surface area contributed by atoms with E-state index in [2.05, 4.69) is 5.10 Å². The number of para-hydroxylation sites is 1. The maximum atomic E-state index is 12.6. The molecule has 0 amide bonds. The molecule has 1 aromatic heterocycles. The van der Waals surface area contributed by atoms with Gasteiger partial charge < -0.3 is 10.0 Å². The van der Waals surface area contributed by atoms with Gasteiger partial charge in [0.25, 0.3) is 0 Å². The summed E-state index contributed by atoms with van der Waals surface area (Å²) in [6.07, 6.45) is -4.33. The molecule has 1 aromatic carbocycles. The predicted octanol–water partition coefficient (Wildman–Crippen LogP) is 2.67. The molecule has 7 heteroatoms. The topological polar surface area (TPSA) is 41.3 Å². The van der Waals surface area contributed by atoms with Crippen LogP contribution in [0.3, 0.4) is 0 Å². The fraction of sp³-hybridized carbons (Fsp3) is 0.357. The molecule has 1 N–H and O–H groups in total. The minimum Gasteiger partial charge on any atom is -0.391 e. The first-order chi connectivity index (χ1) is 9.83. The van der Waals surface area contributed by atoms with Crippen LogP contribution in [0.15, 0.2) is 30.3 Å². The smallest absolute Gasteiger partial charge is 0.391 e. The fourth-order valence-corrected chi connectivity index (χ4v) is 2.22. The molecule has 1 heterocycles. The number of nitrogens with zero attached hydrogens (tertiary/aromatic N) is 3. The normalized spacial score (nSPS) is 11.7. The van der Waals surface area contributed by atoms with Crippen molar-refractivity contribution in [2.75, 3.05) is 18.5 Å². The first kappa shape index (κ1) is 15.4. The number of rotatable bonds is 4. The molecule has 21 heavy (non-hydrogen) atoms. The number of anilines is 1. The van der Waals surface area contributed by atoms with Crippen LogP contribution < -0.4 is 4.90 Å². The third-order valence-electron chi connectivity index (χ3n) is 3.09. The van der Waals surface area contributed by atoms with Crippen LogP contribution in [-0.2, 0) is 6.61 Å². The highest BCUT2D eigenvalue weighted by molar-refractivity contribution is 5.54. The van der Waals surface area contributed by atoms with Gasteiger partial charge in [-0.2, -0.15) is 18.3 Å². The van der Waals surface area contributed by atoms with Crippen molar-refractivity contribution < 1.29 is 18.3 Å². The molecule has 4 nitrogen and oxygen atoms in total. The average molecular weight is 299 g/mol. The number of hydrogen-bond donors (Lipinski definition) is 1. The summed E-state index contributed by atoms with van der Waals surface area (Å²) in [7, 11) is 1.34. The van der Waals surface area contributed by atoms with Gasteiger partial charge in [-0.15, -0.1) is 0 Å². The summed E-state index contributed by atoms with van der Waals surface area (Å²) in [5.41, 5.74) is 1.54. The molecule has 2 rings (SSSR count). The van der Waals surface area contributed by atoms with Crippen molar-refractivity contribution in [3.63, 3.8) is 0 Å². The molecule has 0 saturated carbocycles. The highest BCUT2D eigenvalue weighted by Gasteiger charge is 2.32. The van der Waals surface area contributed by atoms with Gasteiger partial charge in [-0.05, 0) is 19.1 Å². The maximum Gasteiger partial charge on any atom is 0.405 e. The number of aliphatic hydroxyl groups is 1. The zero-order valence-electron chi connectivity index (χ0n) is 11.7. The van der Waals surface area contributed by atoms with Crippen LogP contribution in [0.2, 0.25) is 0 Å². The van der Waals surface area contributed by atoms with Gasteiger partial charge in [0.05, 0.1) is 18.0 Å². The first-order valence-electron chi connectivity index (χ1n) is 6.36. The highest BCUT2D eigenvalue weighted by Crippen LogP contribution is 2.29. The second-order valence-corrected chi connectivity index (χ2v) is 4.76. The number of aryl methyl sites for hydroxylation is 1. The van der Waals surface area contributed by atoms with E-state index in [4.69, 9.17) is 0 Å². The molecule has 0 saturated heterocycles. The molecule has 0 aliphatic heterocycles. The Hall–Kier alpha value is -2.02. The summed E-state index contributed by atoms with van der Waals surface area (Å²) >= 11 is 0. The molecule has 0 atom stereocenters. The SMILES string of the molecule is Cc1nn(-c2ccccc2)c(N(C)CC(F)(F)F)c1CO. The van der Waals surface area contributed by atoms with Gasteiger partial charge in [-0.25, -0.2) is 4.68 Å². The molecular formula is C14H16F3N3O. The lowest BCUT2D eigenvalue weighted by atomic mass is 10.2. The van der Waals surface area contributed by atoms with Crippen LogP contribution in [0, 0.1) is 6.92 Å². The molecule has 0 aliphatic rings. The standard InChI is InChI=1S/C14H16F3N3O/c1-10-12(8-21)13(19(2)9-14(15,16)17)20(18-10)11-6-4-3-5-7-11/h3-7,21H,8-9H2,1-2H3. The van der Waals surface area contributed by atoms with E-state index in [1.807, 2.05) is 6.07 Å². The second-order valence-electron chi connectivity index (χ2n) is 4.76. The minimum absolute atomic E-state index is 0.249. The number of benzene rings is 1. The first-order valence-corrected chi connectivity index (χ1v) is 6.36. The van der Waals surface area contributed by atoms with Crippen LogP contribution in [-0.4, -0.2) is 34.7 Å². The Morgan fingerprint density at radius 2 is 1.86 bits per heavy atom. The lowest BCUT2D eigenvalue weighted by Gasteiger charge is -2.23. The lowest BCUT2D eigenvalue weighted by Crippen LogP contribution is -2.32. The third kappa shape index (κ3) is 3.36. The maximum absolute atomic E-state index is 12.6. The Labute approximate surface area is 120 Å². The van der Waals surface area contributed by atoms with Gasteiger partial charge in [-0.1, -0.05) is 18.2 Å². The molecule has 0 aliphatic carbocycles. The minimum atomic E-state index is -4.33. The molecule has 0 spiro atoms. The van der Waals surface area contributed by atoms with Crippen molar-refractivity contribution in [2.24, 2.45) is 0 Å². The summed E-state index contributed by atoms with van der Waals surface area (Å²) in [6.45, 7) is 0.185. The Morgan fingerprint density at radius 1 is 1.24 bits per heavy atom. The number of aliphatic hydroxyl groups excluding tert-OH is 1. The predicted molar refractivity (Wildman–Crippen MR) is 73.5 cm³/mol. The summed E-state index contributed by atoms with van der Waals surface area (Å²) in [5.74, 6) is 0.249. The lowest BCUT2D eigenvalue weighted by molar-refractivity contribution is -0.119. The number of aromatic nitrogens is 2. The van der Waals surface area contributed by atoms with Crippen molar-refractivity contribution in [3.8, 4) is 5.69 Å². The zero-order valence-corrected chi connectivity index (χ0v) is 11.7. The molecule has 0 bridgehead atoms. The third-order valence-corrected chi connectivity index (χ3v) is 3.09. The Bertz CT molecular complexity index is 608. The second kappa shape index (κ2) is 5.77. The summed E-state index contributed by atoms with van der Waals surface area (Å²) in [4.78, 5) is 1.05. The van der Waals surface area contributed by atoms with Gasteiger partial charge in [0.1, 0.15) is 12.4 Å². The van der Waals surface area contributed by atoms with E-state index in [1.165, 1.54) is 11.7 Å². The Balaban J connectivity index is 2.52. The number of halogens is 3. The molecule has 0 radical (unpaired) electrons. The average Bonchev–Trinajstić information content (AvgIpc) is 2.74.